The van der Waals surface area contributed by atoms with E-state index in [0.717, 1.165) is 41.3 Å². The standard InChI is InChI=1S/C34H2.C33H4.C16H17Br.C16H16O2.C16H18O/c1-3-5-7-9-11-13-15-17-19-21-23-25-27-29-31-33-34-32-30-28-26-24-22-20-18-16-14-12-10-8-6-4-2;1-3-5-7-9-11-13-15-17-19-21-23-25-27-29-31-33-32-30-28-26-24-22-20-18-16-14-12-10-8-6-4-2;1-2-3-13-4-8-15(9-5-13)16-10-6-14(12-17)7-11-16;1-2-3-12-4-6-13(7-5-12)14-8-10-15(11-9-14)16(17)18;1-2-3-13-4-8-15(9-5-13)16-10-6-14(12-17)7-11-16/h1-2H;1H,2H3;4-11H,2-3,12H2,1H3;4-11H,2-3H2,1H3,(H,17,18);4-11,17H,2-3,12H2,1H3. The lowest BCUT2D eigenvalue weighted by molar-refractivity contribution is 0.0696. The summed E-state index contributed by atoms with van der Waals surface area (Å²) in [5, 5.41) is 18.8. The van der Waals surface area contributed by atoms with Crippen LogP contribution in [-0.4, -0.2) is 16.2 Å². The molecule has 2 N–H and O–H groups in total. The number of hydrogen-bond donors (Lipinski definition) is 2. The van der Waals surface area contributed by atoms with E-state index in [2.05, 4.69) is 519 Å². The Labute approximate surface area is 714 Å². The van der Waals surface area contributed by atoms with Crippen LogP contribution in [0.25, 0.3) is 33.4 Å². The highest BCUT2D eigenvalue weighted by atomic mass is 79.9. The summed E-state index contributed by atoms with van der Waals surface area (Å²) in [5.74, 6) is 154. The Hall–Kier alpha value is -19.3. The SMILES string of the molecule is C#CC#CC#CC#CC#CC#CC#CC#CC#CC#CC#CC#CC#CC#CC#CC#CC.C#CC#CC#CC#CC#CC#CC#CC#CC#CC#CC#CC#CC#CC#CC#CC#CC#C.CCCc1ccc(-c2ccc(C(=O)O)cc2)cc1.CCCc1ccc(-c2ccc(CBr)cc2)cc1.CCCc1ccc(-c2ccc(CO)cc2)cc1. The van der Waals surface area contributed by atoms with E-state index >= 15 is 0 Å². The molecule has 0 radical (unpaired) electrons. The summed E-state index contributed by atoms with van der Waals surface area (Å²) in [4.78, 5) is 10.8. The van der Waals surface area contributed by atoms with E-state index in [-0.39, 0.29) is 6.61 Å². The first kappa shape index (κ1) is 95.8. The highest BCUT2D eigenvalue weighted by molar-refractivity contribution is 9.08. The fraction of sp³-hybridized carbons (Fsp3) is 0.104. The second-order valence-corrected chi connectivity index (χ2v) is 21.5. The number of carboxylic acid groups (broad SMARTS) is 1. The van der Waals surface area contributed by atoms with Crippen molar-refractivity contribution in [3.8, 4) is 426 Å². The summed E-state index contributed by atoms with van der Waals surface area (Å²) in [6.07, 6.45) is 21.7. The third-order valence-corrected chi connectivity index (χ3v) is 13.4. The van der Waals surface area contributed by atoms with Crippen LogP contribution in [0, 0.1) is 392 Å². The van der Waals surface area contributed by atoms with Gasteiger partial charge in [0.1, 0.15) is 0 Å². The predicted molar refractivity (Wildman–Crippen MR) is 489 cm³/mol. The van der Waals surface area contributed by atoms with Gasteiger partial charge in [-0.05, 0) is 289 Å². The van der Waals surface area contributed by atoms with Crippen molar-refractivity contribution in [2.24, 2.45) is 0 Å². The number of alkyl halides is 1. The maximum Gasteiger partial charge on any atom is 0.335 e. The summed E-state index contributed by atoms with van der Waals surface area (Å²) in [7, 11) is 0. The third-order valence-electron chi connectivity index (χ3n) is 12.8. The number of rotatable bonds is 12. The van der Waals surface area contributed by atoms with Gasteiger partial charge in [-0.2, -0.15) is 0 Å². The summed E-state index contributed by atoms with van der Waals surface area (Å²) < 4.78 is 0. The van der Waals surface area contributed by atoms with Crippen molar-refractivity contribution < 1.29 is 15.0 Å². The molecule has 0 heterocycles. The van der Waals surface area contributed by atoms with Gasteiger partial charge in [-0.15, -0.1) is 19.3 Å². The van der Waals surface area contributed by atoms with Gasteiger partial charge in [0.15, 0.2) is 0 Å². The molecule has 0 atom stereocenters. The molecule has 0 amide bonds. The molecule has 0 saturated carbocycles. The van der Waals surface area contributed by atoms with Gasteiger partial charge in [-0.3, -0.25) is 0 Å². The van der Waals surface area contributed by atoms with Crippen molar-refractivity contribution in [1.82, 2.24) is 0 Å². The molecule has 0 fully saturated rings. The zero-order valence-electron chi connectivity index (χ0n) is 64.9. The van der Waals surface area contributed by atoms with Gasteiger partial charge in [0, 0.05) is 183 Å². The van der Waals surface area contributed by atoms with E-state index in [1.807, 2.05) is 24.3 Å². The predicted octanol–water partition coefficient (Wildman–Crippen LogP) is 14.0. The Balaban J connectivity index is 0.000000521. The molecule has 0 spiro atoms. The van der Waals surface area contributed by atoms with Crippen molar-refractivity contribution in [1.29, 1.82) is 0 Å². The van der Waals surface area contributed by atoms with Crippen LogP contribution in [0.5, 0.6) is 0 Å². The molecule has 0 unspecified atom stereocenters. The van der Waals surface area contributed by atoms with Gasteiger partial charge >= 0.3 is 5.97 Å². The molecule has 0 aromatic heterocycles. The quantitative estimate of drug-likeness (QED) is 0.0948. The first-order valence-corrected chi connectivity index (χ1v) is 36.1. The summed E-state index contributed by atoms with van der Waals surface area (Å²) in [6, 6.07) is 49.8. The van der Waals surface area contributed by atoms with Crippen molar-refractivity contribution in [2.75, 3.05) is 0 Å². The third kappa shape index (κ3) is 54.0. The molecule has 6 aromatic rings. The van der Waals surface area contributed by atoms with Crippen LogP contribution >= 0.6 is 15.9 Å². The monoisotopic (exact) mass is 1560 g/mol. The van der Waals surface area contributed by atoms with Crippen LogP contribution < -0.4 is 0 Å². The Bertz CT molecular complexity index is 6710. The van der Waals surface area contributed by atoms with Crippen LogP contribution in [0.4, 0.5) is 0 Å². The number of aryl methyl sites for hydroxylation is 3. The van der Waals surface area contributed by atoms with Crippen LogP contribution in [0.3, 0.4) is 0 Å². The number of aliphatic hydroxyl groups excluding tert-OH is 1. The van der Waals surface area contributed by atoms with Crippen molar-refractivity contribution in [3.05, 3.63) is 179 Å². The Morgan fingerprint density at radius 2 is 0.395 bits per heavy atom. The number of carboxylic acids is 1. The normalized spacial score (nSPS) is 6.71. The number of aromatic carboxylic acids is 1. The van der Waals surface area contributed by atoms with E-state index in [1.54, 1.807) is 19.1 Å². The van der Waals surface area contributed by atoms with Gasteiger partial charge in [-0.25, -0.2) is 4.79 Å². The van der Waals surface area contributed by atoms with Crippen molar-refractivity contribution >= 4 is 21.9 Å². The molecule has 6 rings (SSSR count). The lowest BCUT2D eigenvalue weighted by Crippen LogP contribution is -1.94. The molecule has 119 heavy (non-hydrogen) atoms. The topological polar surface area (TPSA) is 57.5 Å². The fourth-order valence-electron chi connectivity index (χ4n) is 7.74. The average Bonchev–Trinajstić information content (AvgIpc) is 0.874. The van der Waals surface area contributed by atoms with Gasteiger partial charge in [-0.1, -0.05) is 195 Å². The van der Waals surface area contributed by atoms with E-state index < -0.39 is 5.97 Å². The number of aliphatic hydroxyl groups is 1. The minimum Gasteiger partial charge on any atom is -0.478 e. The molecule has 0 aliphatic carbocycles. The number of hydrogen-bond acceptors (Lipinski definition) is 2. The molecule has 0 saturated heterocycles. The van der Waals surface area contributed by atoms with Crippen LogP contribution in [-0.2, 0) is 31.2 Å². The van der Waals surface area contributed by atoms with Gasteiger partial charge < -0.3 is 10.2 Å². The number of carbonyl (C=O) groups is 1. The summed E-state index contributed by atoms with van der Waals surface area (Å²) in [6.45, 7) is 8.37. The van der Waals surface area contributed by atoms with Gasteiger partial charge in [0.25, 0.3) is 0 Å². The summed E-state index contributed by atoms with van der Waals surface area (Å²) in [5.41, 5.74) is 13.9. The number of terminal acetylenes is 3. The number of benzene rings is 6. The molecule has 0 aliphatic rings. The minimum atomic E-state index is -0.889. The maximum absolute atomic E-state index is 10.8. The first-order chi connectivity index (χ1) is 58.7. The second kappa shape index (κ2) is 71.6. The first-order valence-electron chi connectivity index (χ1n) is 34.9. The number of halogens is 1. The molecule has 6 aromatic carbocycles. The smallest absolute Gasteiger partial charge is 0.335 e. The van der Waals surface area contributed by atoms with Crippen molar-refractivity contribution in [2.45, 2.75) is 78.2 Å². The Morgan fingerprint density at radius 3 is 0.538 bits per heavy atom. The zero-order valence-corrected chi connectivity index (χ0v) is 66.5. The highest BCUT2D eigenvalue weighted by Gasteiger charge is 2.04. The Morgan fingerprint density at radius 1 is 0.244 bits per heavy atom. The molecule has 3 nitrogen and oxygen atoms in total. The molecule has 4 heteroatoms. The lowest BCUT2D eigenvalue weighted by Gasteiger charge is -2.04. The molecular formula is C115H57BrO3. The van der Waals surface area contributed by atoms with E-state index in [9.17, 15) is 4.79 Å². The second-order valence-electron chi connectivity index (χ2n) is 21.0. The van der Waals surface area contributed by atoms with Gasteiger partial charge in [0.05, 0.1) is 12.2 Å². The largest absolute Gasteiger partial charge is 0.478 e. The van der Waals surface area contributed by atoms with Crippen molar-refractivity contribution in [3.63, 3.8) is 0 Å². The van der Waals surface area contributed by atoms with E-state index in [0.29, 0.717) is 5.56 Å². The highest BCUT2D eigenvalue weighted by Crippen LogP contribution is 2.24. The average molecular weight is 1570 g/mol. The van der Waals surface area contributed by atoms with E-state index in [1.165, 1.54) is 63.8 Å². The lowest BCUT2D eigenvalue weighted by atomic mass is 10.0. The van der Waals surface area contributed by atoms with Crippen LogP contribution in [0.1, 0.15) is 85.1 Å². The zero-order chi connectivity index (χ0) is 85.7. The molecule has 0 aliphatic heterocycles. The molecule has 542 valence electrons. The maximum atomic E-state index is 10.8. The fourth-order valence-corrected chi connectivity index (χ4v) is 8.12. The van der Waals surface area contributed by atoms with Gasteiger partial charge in [0.2, 0.25) is 0 Å². The van der Waals surface area contributed by atoms with Crippen LogP contribution in [0.15, 0.2) is 146 Å². The Kier molecular flexibility index (Phi) is 57.7. The van der Waals surface area contributed by atoms with E-state index in [4.69, 9.17) is 29.5 Å². The minimum absolute atomic E-state index is 0.107. The molecule has 0 bridgehead atoms. The molecular weight excluding hydrogens is 1510 g/mol. The van der Waals surface area contributed by atoms with Crippen LogP contribution in [0.2, 0.25) is 0 Å². The summed E-state index contributed by atoms with van der Waals surface area (Å²) >= 11 is 3.47.